The Morgan fingerprint density at radius 3 is 2.75 bits per heavy atom. The van der Waals surface area contributed by atoms with Gasteiger partial charge in [0.1, 0.15) is 11.6 Å². The summed E-state index contributed by atoms with van der Waals surface area (Å²) in [7, 11) is 0. The van der Waals surface area contributed by atoms with Crippen molar-refractivity contribution in [3.05, 3.63) is 17.6 Å². The van der Waals surface area contributed by atoms with Crippen LogP contribution in [0.5, 0.6) is 0 Å². The average molecular weight is 222 g/mol. The minimum atomic E-state index is -0.220. The van der Waals surface area contributed by atoms with E-state index in [1.54, 1.807) is 6.07 Å². The summed E-state index contributed by atoms with van der Waals surface area (Å²) in [5, 5.41) is 5.42. The lowest BCUT2D eigenvalue weighted by atomic mass is 10.3. The highest BCUT2D eigenvalue weighted by atomic mass is 16.2. The Kier molecular flexibility index (Phi) is 4.69. The van der Waals surface area contributed by atoms with E-state index in [2.05, 4.69) is 20.6 Å². The summed E-state index contributed by atoms with van der Waals surface area (Å²) in [4.78, 5) is 19.8. The van der Waals surface area contributed by atoms with Crippen LogP contribution in [0.15, 0.2) is 6.07 Å². The van der Waals surface area contributed by atoms with Gasteiger partial charge in [-0.2, -0.15) is 0 Å². The predicted molar refractivity (Wildman–Crippen MR) is 63.5 cm³/mol. The second kappa shape index (κ2) is 6.05. The molecule has 0 aromatic carbocycles. The first kappa shape index (κ1) is 12.4. The van der Waals surface area contributed by atoms with E-state index >= 15 is 0 Å². The van der Waals surface area contributed by atoms with E-state index < -0.39 is 0 Å². The van der Waals surface area contributed by atoms with E-state index in [0.29, 0.717) is 18.2 Å². The molecular weight excluding hydrogens is 204 g/mol. The van der Waals surface area contributed by atoms with Gasteiger partial charge in [0.2, 0.25) is 0 Å². The molecule has 16 heavy (non-hydrogen) atoms. The summed E-state index contributed by atoms with van der Waals surface area (Å²) in [5.41, 5.74) is 0.929. The van der Waals surface area contributed by atoms with Crippen molar-refractivity contribution < 1.29 is 4.79 Å². The van der Waals surface area contributed by atoms with Crippen LogP contribution in [0.1, 0.15) is 31.8 Å². The molecular formula is C11H18N4O. The van der Waals surface area contributed by atoms with E-state index in [-0.39, 0.29) is 6.03 Å². The SMILES string of the molecule is CCCNC(=O)Nc1cc(CC)nc(C)n1. The largest absolute Gasteiger partial charge is 0.338 e. The van der Waals surface area contributed by atoms with Crippen LogP contribution in [0.3, 0.4) is 0 Å². The summed E-state index contributed by atoms with van der Waals surface area (Å²) in [6.45, 7) is 6.50. The Hall–Kier alpha value is -1.65. The van der Waals surface area contributed by atoms with Crippen LogP contribution in [-0.2, 0) is 6.42 Å². The molecule has 1 rings (SSSR count). The zero-order valence-corrected chi connectivity index (χ0v) is 10.0. The third-order valence-corrected chi connectivity index (χ3v) is 2.03. The zero-order chi connectivity index (χ0) is 12.0. The molecule has 0 aliphatic rings. The number of nitrogens with zero attached hydrogens (tertiary/aromatic N) is 2. The second-order valence-electron chi connectivity index (χ2n) is 3.53. The highest BCUT2D eigenvalue weighted by Crippen LogP contribution is 2.06. The number of aromatic nitrogens is 2. The first-order valence-electron chi connectivity index (χ1n) is 5.55. The van der Waals surface area contributed by atoms with Gasteiger partial charge in [-0.15, -0.1) is 0 Å². The molecule has 0 fully saturated rings. The molecule has 0 saturated carbocycles. The average Bonchev–Trinajstić information content (AvgIpc) is 2.25. The molecule has 0 spiro atoms. The number of anilines is 1. The molecule has 0 atom stereocenters. The van der Waals surface area contributed by atoms with Crippen LogP contribution in [0.25, 0.3) is 0 Å². The summed E-state index contributed by atoms with van der Waals surface area (Å²) in [6.07, 6.45) is 1.74. The molecule has 0 saturated heterocycles. The second-order valence-corrected chi connectivity index (χ2v) is 3.53. The third kappa shape index (κ3) is 3.84. The fraction of sp³-hybridized carbons (Fsp3) is 0.545. The summed E-state index contributed by atoms with van der Waals surface area (Å²) in [6, 6.07) is 1.57. The van der Waals surface area contributed by atoms with E-state index in [0.717, 1.165) is 18.5 Å². The Balaban J connectivity index is 2.65. The number of aryl methyl sites for hydroxylation is 2. The van der Waals surface area contributed by atoms with E-state index in [9.17, 15) is 4.79 Å². The van der Waals surface area contributed by atoms with Gasteiger partial charge in [-0.25, -0.2) is 14.8 Å². The van der Waals surface area contributed by atoms with Gasteiger partial charge < -0.3 is 5.32 Å². The van der Waals surface area contributed by atoms with Crippen LogP contribution in [0.4, 0.5) is 10.6 Å². The third-order valence-electron chi connectivity index (χ3n) is 2.03. The van der Waals surface area contributed by atoms with Crippen LogP contribution in [0, 0.1) is 6.92 Å². The normalized spacial score (nSPS) is 9.94. The molecule has 2 N–H and O–H groups in total. The summed E-state index contributed by atoms with van der Waals surface area (Å²) < 4.78 is 0. The van der Waals surface area contributed by atoms with E-state index in [1.807, 2.05) is 20.8 Å². The number of rotatable bonds is 4. The lowest BCUT2D eigenvalue weighted by Gasteiger charge is -2.07. The van der Waals surface area contributed by atoms with Gasteiger partial charge in [-0.05, 0) is 19.8 Å². The molecule has 0 aliphatic heterocycles. The zero-order valence-electron chi connectivity index (χ0n) is 10.0. The van der Waals surface area contributed by atoms with Crippen LogP contribution in [0.2, 0.25) is 0 Å². The molecule has 0 aliphatic carbocycles. The summed E-state index contributed by atoms with van der Waals surface area (Å²) in [5.74, 6) is 1.23. The first-order chi connectivity index (χ1) is 7.65. The standard InChI is InChI=1S/C11H18N4O/c1-4-6-12-11(16)15-10-7-9(5-2)13-8(3)14-10/h7H,4-6H2,1-3H3,(H2,12,13,14,15,16). The maximum absolute atomic E-state index is 11.4. The molecule has 1 heterocycles. The van der Waals surface area contributed by atoms with Gasteiger partial charge in [0.25, 0.3) is 0 Å². The predicted octanol–water partition coefficient (Wildman–Crippen LogP) is 1.88. The van der Waals surface area contributed by atoms with Crippen molar-refractivity contribution in [3.8, 4) is 0 Å². The van der Waals surface area contributed by atoms with E-state index in [4.69, 9.17) is 0 Å². The Morgan fingerprint density at radius 1 is 1.38 bits per heavy atom. The van der Waals surface area contributed by atoms with Gasteiger partial charge in [0, 0.05) is 18.3 Å². The molecule has 5 heteroatoms. The fourth-order valence-electron chi connectivity index (χ4n) is 1.27. The van der Waals surface area contributed by atoms with Crippen LogP contribution >= 0.6 is 0 Å². The minimum Gasteiger partial charge on any atom is -0.338 e. The van der Waals surface area contributed by atoms with Gasteiger partial charge in [-0.1, -0.05) is 13.8 Å². The number of nitrogens with one attached hydrogen (secondary N) is 2. The lowest BCUT2D eigenvalue weighted by Crippen LogP contribution is -2.29. The molecule has 5 nitrogen and oxygen atoms in total. The Morgan fingerprint density at radius 2 is 2.12 bits per heavy atom. The molecule has 2 amide bonds. The monoisotopic (exact) mass is 222 g/mol. The lowest BCUT2D eigenvalue weighted by molar-refractivity contribution is 0.252. The molecule has 0 unspecified atom stereocenters. The number of hydrogen-bond acceptors (Lipinski definition) is 3. The minimum absolute atomic E-state index is 0.220. The quantitative estimate of drug-likeness (QED) is 0.817. The van der Waals surface area contributed by atoms with Crippen LogP contribution < -0.4 is 10.6 Å². The van der Waals surface area contributed by atoms with Crippen LogP contribution in [-0.4, -0.2) is 22.5 Å². The van der Waals surface area contributed by atoms with Crippen molar-refractivity contribution in [3.63, 3.8) is 0 Å². The summed E-state index contributed by atoms with van der Waals surface area (Å²) >= 11 is 0. The molecule has 0 bridgehead atoms. The maximum atomic E-state index is 11.4. The number of carbonyl (C=O) groups excluding carboxylic acids is 1. The van der Waals surface area contributed by atoms with Gasteiger partial charge >= 0.3 is 6.03 Å². The number of urea groups is 1. The highest BCUT2D eigenvalue weighted by molar-refractivity contribution is 5.88. The van der Waals surface area contributed by atoms with Crippen molar-refractivity contribution in [2.75, 3.05) is 11.9 Å². The van der Waals surface area contributed by atoms with E-state index in [1.165, 1.54) is 0 Å². The molecule has 1 aromatic heterocycles. The van der Waals surface area contributed by atoms with Gasteiger partial charge in [-0.3, -0.25) is 5.32 Å². The van der Waals surface area contributed by atoms with Gasteiger partial charge in [0.05, 0.1) is 0 Å². The number of carbonyl (C=O) groups is 1. The van der Waals surface area contributed by atoms with Crippen molar-refractivity contribution in [2.45, 2.75) is 33.6 Å². The van der Waals surface area contributed by atoms with Crippen molar-refractivity contribution in [1.82, 2.24) is 15.3 Å². The van der Waals surface area contributed by atoms with Crippen molar-refractivity contribution in [2.24, 2.45) is 0 Å². The van der Waals surface area contributed by atoms with Crippen molar-refractivity contribution >= 4 is 11.8 Å². The Bertz CT molecular complexity index is 365. The molecule has 88 valence electrons. The molecule has 0 radical (unpaired) electrons. The topological polar surface area (TPSA) is 66.9 Å². The highest BCUT2D eigenvalue weighted by Gasteiger charge is 2.04. The smallest absolute Gasteiger partial charge is 0.320 e. The Labute approximate surface area is 95.7 Å². The maximum Gasteiger partial charge on any atom is 0.320 e. The van der Waals surface area contributed by atoms with Crippen molar-refractivity contribution in [1.29, 1.82) is 0 Å². The fourth-order valence-corrected chi connectivity index (χ4v) is 1.27. The first-order valence-corrected chi connectivity index (χ1v) is 5.55. The van der Waals surface area contributed by atoms with Gasteiger partial charge in [0.15, 0.2) is 0 Å². The number of amides is 2. The molecule has 1 aromatic rings. The number of hydrogen-bond donors (Lipinski definition) is 2.